The lowest BCUT2D eigenvalue weighted by Gasteiger charge is -2.02. The Balaban J connectivity index is 2.16. The van der Waals surface area contributed by atoms with Crippen LogP contribution in [-0.4, -0.2) is 27.3 Å². The van der Waals surface area contributed by atoms with E-state index in [1.54, 1.807) is 12.1 Å². The molecule has 2 aromatic carbocycles. The molecule has 0 fully saturated rings. The van der Waals surface area contributed by atoms with Gasteiger partial charge < -0.3 is 15.9 Å². The largest absolute Gasteiger partial charge is 0.507 e. The lowest BCUT2D eigenvalue weighted by Crippen LogP contribution is -2.17. The molecule has 2 rings (SSSR count). The zero-order chi connectivity index (χ0) is 17.0. The molecule has 9 nitrogen and oxygen atoms in total. The fraction of sp³-hybridized carbons (Fsp3) is 0. The van der Waals surface area contributed by atoms with E-state index in [9.17, 15) is 25.1 Å². The number of nitrogens with two attached hydrogens (primary N) is 1. The fourth-order valence-corrected chi connectivity index (χ4v) is 1.74. The SMILES string of the molecule is Nc1cccc(C(=O)N/N=C\c2cc([N+](=O)[O-])c(O)cc2O)c1. The van der Waals surface area contributed by atoms with E-state index in [2.05, 4.69) is 10.5 Å². The van der Waals surface area contributed by atoms with Crippen LogP contribution in [0.5, 0.6) is 11.5 Å². The summed E-state index contributed by atoms with van der Waals surface area (Å²) in [4.78, 5) is 21.7. The molecule has 0 bridgehead atoms. The van der Waals surface area contributed by atoms with Crippen LogP contribution < -0.4 is 11.2 Å². The number of phenolic OH excluding ortho intramolecular Hbond substituents is 2. The van der Waals surface area contributed by atoms with Gasteiger partial charge in [-0.1, -0.05) is 6.07 Å². The van der Waals surface area contributed by atoms with Crippen LogP contribution in [0.4, 0.5) is 11.4 Å². The highest BCUT2D eigenvalue weighted by Gasteiger charge is 2.16. The van der Waals surface area contributed by atoms with E-state index >= 15 is 0 Å². The molecule has 1 amide bonds. The summed E-state index contributed by atoms with van der Waals surface area (Å²) in [5.74, 6) is -1.63. The van der Waals surface area contributed by atoms with Gasteiger partial charge in [0.1, 0.15) is 5.75 Å². The summed E-state index contributed by atoms with van der Waals surface area (Å²) < 4.78 is 0. The third-order valence-electron chi connectivity index (χ3n) is 2.84. The van der Waals surface area contributed by atoms with Crippen LogP contribution in [0.2, 0.25) is 0 Å². The normalized spacial score (nSPS) is 10.6. The van der Waals surface area contributed by atoms with Gasteiger partial charge in [-0.2, -0.15) is 5.10 Å². The molecule has 0 spiro atoms. The number of nitro benzene ring substituents is 1. The number of nitrogens with zero attached hydrogens (tertiary/aromatic N) is 2. The minimum absolute atomic E-state index is 0.0395. The summed E-state index contributed by atoms with van der Waals surface area (Å²) in [7, 11) is 0. The maximum Gasteiger partial charge on any atom is 0.311 e. The van der Waals surface area contributed by atoms with Crippen molar-refractivity contribution < 1.29 is 19.9 Å². The molecule has 23 heavy (non-hydrogen) atoms. The number of aromatic hydroxyl groups is 2. The number of anilines is 1. The maximum atomic E-state index is 11.8. The Kier molecular flexibility index (Phi) is 4.41. The molecule has 5 N–H and O–H groups in total. The second kappa shape index (κ2) is 6.43. The molecular weight excluding hydrogens is 304 g/mol. The van der Waals surface area contributed by atoms with Gasteiger partial charge in [0, 0.05) is 28.9 Å². The molecule has 9 heteroatoms. The van der Waals surface area contributed by atoms with Gasteiger partial charge in [0.05, 0.1) is 11.1 Å². The summed E-state index contributed by atoms with van der Waals surface area (Å²) in [5.41, 5.74) is 7.81. The van der Waals surface area contributed by atoms with Crippen molar-refractivity contribution in [2.45, 2.75) is 0 Å². The Morgan fingerprint density at radius 1 is 1.26 bits per heavy atom. The van der Waals surface area contributed by atoms with Crippen molar-refractivity contribution >= 4 is 23.5 Å². The molecular formula is C14H12N4O5. The molecule has 0 aliphatic carbocycles. The lowest BCUT2D eigenvalue weighted by atomic mass is 10.2. The summed E-state index contributed by atoms with van der Waals surface area (Å²) in [6.45, 7) is 0. The van der Waals surface area contributed by atoms with Crippen molar-refractivity contribution in [1.82, 2.24) is 5.43 Å². The first-order valence-electron chi connectivity index (χ1n) is 6.28. The van der Waals surface area contributed by atoms with Gasteiger partial charge in [-0.05, 0) is 18.2 Å². The molecule has 0 atom stereocenters. The molecule has 0 aromatic heterocycles. The van der Waals surface area contributed by atoms with Crippen molar-refractivity contribution in [2.75, 3.05) is 5.73 Å². The van der Waals surface area contributed by atoms with Crippen molar-refractivity contribution in [1.29, 1.82) is 0 Å². The molecule has 0 heterocycles. The van der Waals surface area contributed by atoms with Crippen LogP contribution >= 0.6 is 0 Å². The monoisotopic (exact) mass is 316 g/mol. The number of nitrogens with one attached hydrogen (secondary N) is 1. The van der Waals surface area contributed by atoms with Crippen LogP contribution in [0.15, 0.2) is 41.5 Å². The van der Waals surface area contributed by atoms with E-state index in [4.69, 9.17) is 5.73 Å². The molecule has 0 saturated heterocycles. The molecule has 118 valence electrons. The predicted octanol–water partition coefficient (Wildman–Crippen LogP) is 1.35. The van der Waals surface area contributed by atoms with Gasteiger partial charge in [-0.3, -0.25) is 14.9 Å². The first-order chi connectivity index (χ1) is 10.9. The first kappa shape index (κ1) is 15.8. The standard InChI is InChI=1S/C14H12N4O5/c15-10-3-1-2-8(4-10)14(21)17-16-7-9-5-11(18(22)23)13(20)6-12(9)19/h1-7,19-20H,15H2,(H,17,21)/b16-7-. The smallest absolute Gasteiger partial charge is 0.311 e. The Morgan fingerprint density at radius 2 is 2.00 bits per heavy atom. The van der Waals surface area contributed by atoms with Crippen LogP contribution in [0.3, 0.4) is 0 Å². The molecule has 0 saturated carbocycles. The molecule has 0 aliphatic heterocycles. The number of hydrazone groups is 1. The number of benzene rings is 2. The average Bonchev–Trinajstić information content (AvgIpc) is 2.48. The number of nitrogen functional groups attached to an aromatic ring is 1. The highest BCUT2D eigenvalue weighted by Crippen LogP contribution is 2.31. The van der Waals surface area contributed by atoms with E-state index < -0.39 is 28.0 Å². The quantitative estimate of drug-likeness (QED) is 0.289. The summed E-state index contributed by atoms with van der Waals surface area (Å²) in [5, 5.41) is 33.3. The van der Waals surface area contributed by atoms with Gasteiger partial charge in [0.15, 0.2) is 5.75 Å². The number of amides is 1. The van der Waals surface area contributed by atoms with Gasteiger partial charge in [-0.25, -0.2) is 5.43 Å². The molecule has 2 aromatic rings. The number of hydrogen-bond acceptors (Lipinski definition) is 7. The lowest BCUT2D eigenvalue weighted by molar-refractivity contribution is -0.385. The minimum atomic E-state index is -0.808. The van der Waals surface area contributed by atoms with Gasteiger partial charge >= 0.3 is 5.69 Å². The highest BCUT2D eigenvalue weighted by atomic mass is 16.6. The summed E-state index contributed by atoms with van der Waals surface area (Å²) in [6, 6.07) is 7.95. The van der Waals surface area contributed by atoms with Crippen molar-refractivity contribution in [3.05, 3.63) is 57.6 Å². The molecule has 0 radical (unpaired) electrons. The number of phenols is 2. The topological polar surface area (TPSA) is 151 Å². The van der Waals surface area contributed by atoms with E-state index in [0.29, 0.717) is 5.69 Å². The number of nitro groups is 1. The van der Waals surface area contributed by atoms with Gasteiger partial charge in [0.2, 0.25) is 0 Å². The van der Waals surface area contributed by atoms with E-state index in [-0.39, 0.29) is 11.1 Å². The zero-order valence-corrected chi connectivity index (χ0v) is 11.6. The third kappa shape index (κ3) is 3.73. The third-order valence-corrected chi connectivity index (χ3v) is 2.84. The Labute approximate surface area is 129 Å². The fourth-order valence-electron chi connectivity index (χ4n) is 1.74. The zero-order valence-electron chi connectivity index (χ0n) is 11.6. The second-order valence-electron chi connectivity index (χ2n) is 4.48. The highest BCUT2D eigenvalue weighted by molar-refractivity contribution is 5.96. The van der Waals surface area contributed by atoms with Crippen LogP contribution in [-0.2, 0) is 0 Å². The van der Waals surface area contributed by atoms with Crippen molar-refractivity contribution in [2.24, 2.45) is 5.10 Å². The average molecular weight is 316 g/mol. The summed E-state index contributed by atoms with van der Waals surface area (Å²) in [6.07, 6.45) is 1.02. The Morgan fingerprint density at radius 3 is 2.65 bits per heavy atom. The van der Waals surface area contributed by atoms with E-state index in [1.807, 2.05) is 0 Å². The van der Waals surface area contributed by atoms with Crippen LogP contribution in [0.1, 0.15) is 15.9 Å². The van der Waals surface area contributed by atoms with E-state index in [0.717, 1.165) is 18.3 Å². The van der Waals surface area contributed by atoms with Crippen molar-refractivity contribution in [3.63, 3.8) is 0 Å². The second-order valence-corrected chi connectivity index (χ2v) is 4.48. The molecule has 0 unspecified atom stereocenters. The summed E-state index contributed by atoms with van der Waals surface area (Å²) >= 11 is 0. The maximum absolute atomic E-state index is 11.8. The van der Waals surface area contributed by atoms with Gasteiger partial charge in [0.25, 0.3) is 5.91 Å². The number of carbonyl (C=O) groups excluding carboxylic acids is 1. The van der Waals surface area contributed by atoms with E-state index in [1.165, 1.54) is 12.1 Å². The minimum Gasteiger partial charge on any atom is -0.507 e. The Bertz CT molecular complexity index is 804. The number of rotatable bonds is 4. The van der Waals surface area contributed by atoms with Gasteiger partial charge in [-0.15, -0.1) is 0 Å². The van der Waals surface area contributed by atoms with Crippen LogP contribution in [0.25, 0.3) is 0 Å². The molecule has 0 aliphatic rings. The number of carbonyl (C=O) groups is 1. The van der Waals surface area contributed by atoms with Crippen LogP contribution in [0, 0.1) is 10.1 Å². The predicted molar refractivity (Wildman–Crippen MR) is 82.3 cm³/mol. The Hall–Kier alpha value is -3.62. The number of hydrogen-bond donors (Lipinski definition) is 4. The van der Waals surface area contributed by atoms with Crippen molar-refractivity contribution in [3.8, 4) is 11.5 Å². The first-order valence-corrected chi connectivity index (χ1v) is 6.28.